The van der Waals surface area contributed by atoms with Gasteiger partial charge in [0, 0.05) is 5.92 Å². The maximum atomic E-state index is 2.35. The van der Waals surface area contributed by atoms with Crippen LogP contribution in [0.4, 0.5) is 0 Å². The smallest absolute Gasteiger partial charge is 0.0340 e. The molecule has 0 spiro atoms. The van der Waals surface area contributed by atoms with Gasteiger partial charge >= 0.3 is 0 Å². The van der Waals surface area contributed by atoms with Crippen LogP contribution in [0.3, 0.4) is 0 Å². The van der Waals surface area contributed by atoms with Crippen LogP contribution in [-0.4, -0.2) is 0 Å². The van der Waals surface area contributed by atoms with Crippen molar-refractivity contribution in [2.45, 2.75) is 40.5 Å². The van der Waals surface area contributed by atoms with Crippen LogP contribution < -0.4 is 0 Å². The third-order valence-corrected chi connectivity index (χ3v) is 6.36. The van der Waals surface area contributed by atoms with Crippen molar-refractivity contribution in [1.82, 2.24) is 0 Å². The van der Waals surface area contributed by atoms with Crippen molar-refractivity contribution >= 4 is 0 Å². The van der Waals surface area contributed by atoms with E-state index in [2.05, 4.69) is 120 Å². The second-order valence-corrected chi connectivity index (χ2v) is 8.61. The molecule has 0 saturated heterocycles. The highest BCUT2D eigenvalue weighted by Crippen LogP contribution is 2.35. The Balaban J connectivity index is 1.79. The first-order chi connectivity index (χ1) is 14.4. The monoisotopic (exact) mass is 390 g/mol. The fraction of sp³-hybridized carbons (Fsp3) is 0.200. The third-order valence-electron chi connectivity index (χ3n) is 6.36. The Morgan fingerprint density at radius 1 is 0.400 bits per heavy atom. The molecule has 0 atom stereocenters. The Labute approximate surface area is 181 Å². The van der Waals surface area contributed by atoms with Gasteiger partial charge in [-0.3, -0.25) is 0 Å². The minimum absolute atomic E-state index is 0.232. The number of rotatable bonds is 4. The molecule has 0 saturated carbocycles. The number of hydrogen-bond acceptors (Lipinski definition) is 0. The Morgan fingerprint density at radius 2 is 0.800 bits per heavy atom. The van der Waals surface area contributed by atoms with Gasteiger partial charge in [0.25, 0.3) is 0 Å². The molecule has 4 rings (SSSR count). The molecule has 0 bridgehead atoms. The Hall–Kier alpha value is -3.12. The van der Waals surface area contributed by atoms with E-state index in [0.29, 0.717) is 0 Å². The molecule has 0 heteroatoms. The van der Waals surface area contributed by atoms with Crippen LogP contribution in [0, 0.1) is 34.6 Å². The van der Waals surface area contributed by atoms with Gasteiger partial charge in [-0.15, -0.1) is 0 Å². The first-order valence-corrected chi connectivity index (χ1v) is 10.7. The van der Waals surface area contributed by atoms with Crippen molar-refractivity contribution < 1.29 is 0 Å². The summed E-state index contributed by atoms with van der Waals surface area (Å²) in [4.78, 5) is 0. The van der Waals surface area contributed by atoms with Crippen molar-refractivity contribution in [3.8, 4) is 11.1 Å². The molecular weight excluding hydrogens is 360 g/mol. The summed E-state index contributed by atoms with van der Waals surface area (Å²) in [6, 6.07) is 31.6. The van der Waals surface area contributed by atoms with E-state index >= 15 is 0 Å². The Morgan fingerprint density at radius 3 is 1.23 bits per heavy atom. The first-order valence-electron chi connectivity index (χ1n) is 10.7. The highest BCUT2D eigenvalue weighted by molar-refractivity contribution is 5.64. The summed E-state index contributed by atoms with van der Waals surface area (Å²) in [5, 5.41) is 0. The topological polar surface area (TPSA) is 0 Å². The zero-order valence-corrected chi connectivity index (χ0v) is 18.7. The average Bonchev–Trinajstić information content (AvgIpc) is 2.74. The summed E-state index contributed by atoms with van der Waals surface area (Å²) in [7, 11) is 0. The van der Waals surface area contributed by atoms with Gasteiger partial charge in [0.05, 0.1) is 0 Å². The van der Waals surface area contributed by atoms with Crippen LogP contribution in [0.1, 0.15) is 50.4 Å². The summed E-state index contributed by atoms with van der Waals surface area (Å²) in [6.45, 7) is 10.9. The largest absolute Gasteiger partial charge is 0.0588 e. The van der Waals surface area contributed by atoms with Crippen molar-refractivity contribution in [2.24, 2.45) is 0 Å². The Bertz CT molecular complexity index is 1110. The van der Waals surface area contributed by atoms with Crippen LogP contribution in [0.2, 0.25) is 0 Å². The van der Waals surface area contributed by atoms with Gasteiger partial charge in [-0.2, -0.15) is 0 Å². The van der Waals surface area contributed by atoms with Gasteiger partial charge in [0.2, 0.25) is 0 Å². The van der Waals surface area contributed by atoms with Gasteiger partial charge < -0.3 is 0 Å². The predicted octanol–water partition coefficient (Wildman–Crippen LogP) is 8.08. The highest BCUT2D eigenvalue weighted by Gasteiger charge is 2.18. The van der Waals surface area contributed by atoms with Crippen LogP contribution >= 0.6 is 0 Å². The number of hydrogen-bond donors (Lipinski definition) is 0. The summed E-state index contributed by atoms with van der Waals surface area (Å²) in [6.07, 6.45) is 0. The summed E-state index contributed by atoms with van der Waals surface area (Å²) in [5.74, 6) is 0.232. The van der Waals surface area contributed by atoms with Crippen molar-refractivity contribution in [3.05, 3.63) is 129 Å². The maximum Gasteiger partial charge on any atom is 0.0340 e. The van der Waals surface area contributed by atoms with E-state index < -0.39 is 0 Å². The molecular formula is C30H30. The molecule has 0 radical (unpaired) electrons. The second kappa shape index (κ2) is 8.32. The van der Waals surface area contributed by atoms with E-state index in [9.17, 15) is 0 Å². The third kappa shape index (κ3) is 4.09. The summed E-state index contributed by atoms with van der Waals surface area (Å²) < 4.78 is 0. The minimum atomic E-state index is 0.232. The van der Waals surface area contributed by atoms with Crippen LogP contribution in [0.5, 0.6) is 0 Å². The predicted molar refractivity (Wildman–Crippen MR) is 129 cm³/mol. The Kier molecular flexibility index (Phi) is 5.59. The molecule has 0 heterocycles. The molecule has 150 valence electrons. The molecule has 0 N–H and O–H groups in total. The molecule has 0 aliphatic rings. The zero-order valence-electron chi connectivity index (χ0n) is 18.7. The lowest BCUT2D eigenvalue weighted by Gasteiger charge is -2.21. The molecule has 4 aromatic carbocycles. The van der Waals surface area contributed by atoms with Crippen LogP contribution in [-0.2, 0) is 0 Å². The maximum absolute atomic E-state index is 2.35. The lowest BCUT2D eigenvalue weighted by molar-refractivity contribution is 0.967. The molecule has 30 heavy (non-hydrogen) atoms. The molecule has 0 fully saturated rings. The van der Waals surface area contributed by atoms with Crippen LogP contribution in [0.15, 0.2) is 84.9 Å². The molecule has 4 aromatic rings. The van der Waals surface area contributed by atoms with Crippen molar-refractivity contribution in [3.63, 3.8) is 0 Å². The molecule has 0 amide bonds. The summed E-state index contributed by atoms with van der Waals surface area (Å²) >= 11 is 0. The van der Waals surface area contributed by atoms with E-state index in [4.69, 9.17) is 0 Å². The normalized spacial score (nSPS) is 11.1. The SMILES string of the molecule is Cc1ccc(-c2ccc(C(c3ccc(C)c(C)c3)c3ccc(C)c(C)c3)cc2)cc1. The average molecular weight is 391 g/mol. The van der Waals surface area contributed by atoms with Gasteiger partial charge in [-0.05, 0) is 84.7 Å². The minimum Gasteiger partial charge on any atom is -0.0588 e. The van der Waals surface area contributed by atoms with E-state index in [1.807, 2.05) is 0 Å². The summed E-state index contributed by atoms with van der Waals surface area (Å²) in [5.41, 5.74) is 13.2. The van der Waals surface area contributed by atoms with E-state index in [1.165, 1.54) is 55.6 Å². The molecule has 0 unspecified atom stereocenters. The van der Waals surface area contributed by atoms with Gasteiger partial charge in [0.15, 0.2) is 0 Å². The van der Waals surface area contributed by atoms with Gasteiger partial charge in [-0.1, -0.05) is 90.5 Å². The van der Waals surface area contributed by atoms with E-state index in [0.717, 1.165) is 0 Å². The van der Waals surface area contributed by atoms with E-state index in [-0.39, 0.29) is 5.92 Å². The molecule has 0 aromatic heterocycles. The number of aryl methyl sites for hydroxylation is 5. The van der Waals surface area contributed by atoms with Gasteiger partial charge in [-0.25, -0.2) is 0 Å². The standard InChI is InChI=1S/C30H30/c1-20-6-10-25(11-7-20)26-14-16-27(17-15-26)30(28-12-8-21(2)23(4)18-28)29-13-9-22(3)24(5)19-29/h6-19,30H,1-5H3. The van der Waals surface area contributed by atoms with Gasteiger partial charge in [0.1, 0.15) is 0 Å². The van der Waals surface area contributed by atoms with Crippen LogP contribution in [0.25, 0.3) is 11.1 Å². The lowest BCUT2D eigenvalue weighted by Crippen LogP contribution is -2.05. The van der Waals surface area contributed by atoms with E-state index in [1.54, 1.807) is 0 Å². The number of benzene rings is 4. The fourth-order valence-electron chi connectivity index (χ4n) is 4.08. The van der Waals surface area contributed by atoms with Crippen molar-refractivity contribution in [2.75, 3.05) is 0 Å². The highest BCUT2D eigenvalue weighted by atomic mass is 14.2. The first kappa shape index (κ1) is 20.2. The van der Waals surface area contributed by atoms with Crippen molar-refractivity contribution in [1.29, 1.82) is 0 Å². The molecule has 0 nitrogen and oxygen atoms in total. The lowest BCUT2D eigenvalue weighted by atomic mass is 9.82. The molecule has 0 aliphatic carbocycles. The second-order valence-electron chi connectivity index (χ2n) is 8.61. The quantitative estimate of drug-likeness (QED) is 0.309. The molecule has 0 aliphatic heterocycles. The zero-order chi connectivity index (χ0) is 21.3. The fourth-order valence-corrected chi connectivity index (χ4v) is 4.08.